The van der Waals surface area contributed by atoms with E-state index in [9.17, 15) is 4.79 Å². The topological polar surface area (TPSA) is 70.1 Å². The van der Waals surface area contributed by atoms with Crippen molar-refractivity contribution in [3.8, 4) is 16.3 Å². The van der Waals surface area contributed by atoms with Crippen LogP contribution < -0.4 is 5.73 Å². The summed E-state index contributed by atoms with van der Waals surface area (Å²) >= 11 is 1.62. The summed E-state index contributed by atoms with van der Waals surface area (Å²) in [6.45, 7) is 2.18. The van der Waals surface area contributed by atoms with Crippen LogP contribution in [0.3, 0.4) is 0 Å². The van der Waals surface area contributed by atoms with E-state index in [1.54, 1.807) is 22.9 Å². The molecule has 0 fully saturated rings. The highest BCUT2D eigenvalue weighted by molar-refractivity contribution is 7.13. The number of hydrogen-bond donors (Lipinski definition) is 1. The average Bonchev–Trinajstić information content (AvgIpc) is 3.17. The molecule has 2 N–H and O–H groups in total. The summed E-state index contributed by atoms with van der Waals surface area (Å²) in [5, 5.41) is 6.57. The summed E-state index contributed by atoms with van der Waals surface area (Å²) in [7, 11) is 0. The zero-order valence-corrected chi connectivity index (χ0v) is 13.5. The van der Waals surface area contributed by atoms with Crippen molar-refractivity contribution in [2.45, 2.75) is 13.3 Å². The molecule has 0 amide bonds. The van der Waals surface area contributed by atoms with Gasteiger partial charge in [-0.25, -0.2) is 4.68 Å². The fourth-order valence-electron chi connectivity index (χ4n) is 2.32. The fourth-order valence-corrected chi connectivity index (χ4v) is 3.01. The smallest absolute Gasteiger partial charge is 0.310 e. The van der Waals surface area contributed by atoms with Crippen molar-refractivity contribution in [3.05, 3.63) is 53.4 Å². The molecule has 1 aromatic carbocycles. The largest absolute Gasteiger partial charge is 0.466 e. The molecule has 23 heavy (non-hydrogen) atoms. The van der Waals surface area contributed by atoms with E-state index in [0.29, 0.717) is 12.4 Å². The van der Waals surface area contributed by atoms with Gasteiger partial charge in [0.05, 0.1) is 23.6 Å². The van der Waals surface area contributed by atoms with E-state index >= 15 is 0 Å². The molecular weight excluding hydrogens is 310 g/mol. The average molecular weight is 327 g/mol. The molecule has 0 unspecified atom stereocenters. The number of hydrogen-bond acceptors (Lipinski definition) is 5. The SMILES string of the molecule is CCOC(=O)Cc1cccc(-n2nc(-c3cccs3)cc2N)c1. The van der Waals surface area contributed by atoms with Crippen molar-refractivity contribution in [2.75, 3.05) is 12.3 Å². The van der Waals surface area contributed by atoms with Gasteiger partial charge in [0.15, 0.2) is 0 Å². The van der Waals surface area contributed by atoms with E-state index in [-0.39, 0.29) is 12.4 Å². The van der Waals surface area contributed by atoms with Gasteiger partial charge in [0.1, 0.15) is 11.5 Å². The second kappa shape index (κ2) is 6.66. The van der Waals surface area contributed by atoms with Crippen LogP contribution in [-0.4, -0.2) is 22.4 Å². The quantitative estimate of drug-likeness (QED) is 0.730. The summed E-state index contributed by atoms with van der Waals surface area (Å²) in [4.78, 5) is 12.7. The molecule has 118 valence electrons. The van der Waals surface area contributed by atoms with Gasteiger partial charge in [-0.3, -0.25) is 4.79 Å². The number of carbonyl (C=O) groups excluding carboxylic acids is 1. The van der Waals surface area contributed by atoms with Gasteiger partial charge in [-0.1, -0.05) is 18.2 Å². The fraction of sp³-hybridized carbons (Fsp3) is 0.176. The van der Waals surface area contributed by atoms with E-state index in [1.807, 2.05) is 47.8 Å². The molecule has 6 heteroatoms. The number of carbonyl (C=O) groups is 1. The third kappa shape index (κ3) is 3.43. The Bertz CT molecular complexity index is 809. The van der Waals surface area contributed by atoms with E-state index in [0.717, 1.165) is 21.8 Å². The molecule has 0 saturated carbocycles. The van der Waals surface area contributed by atoms with Gasteiger partial charge in [0.25, 0.3) is 0 Å². The van der Waals surface area contributed by atoms with Crippen LogP contribution in [0, 0.1) is 0 Å². The van der Waals surface area contributed by atoms with Gasteiger partial charge >= 0.3 is 5.97 Å². The van der Waals surface area contributed by atoms with Gasteiger partial charge in [-0.2, -0.15) is 5.10 Å². The number of ether oxygens (including phenoxy) is 1. The molecule has 2 aromatic heterocycles. The number of rotatable bonds is 5. The van der Waals surface area contributed by atoms with E-state index in [1.165, 1.54) is 0 Å². The van der Waals surface area contributed by atoms with Crippen molar-refractivity contribution in [1.29, 1.82) is 0 Å². The van der Waals surface area contributed by atoms with Crippen LogP contribution in [0.1, 0.15) is 12.5 Å². The third-order valence-electron chi connectivity index (χ3n) is 3.32. The van der Waals surface area contributed by atoms with Crippen LogP contribution in [0.5, 0.6) is 0 Å². The van der Waals surface area contributed by atoms with Gasteiger partial charge in [-0.15, -0.1) is 11.3 Å². The molecule has 0 saturated heterocycles. The normalized spacial score (nSPS) is 10.7. The van der Waals surface area contributed by atoms with E-state index in [2.05, 4.69) is 5.10 Å². The van der Waals surface area contributed by atoms with Crippen LogP contribution in [0.15, 0.2) is 47.8 Å². The van der Waals surface area contributed by atoms with Crippen molar-refractivity contribution in [2.24, 2.45) is 0 Å². The monoisotopic (exact) mass is 327 g/mol. The highest BCUT2D eigenvalue weighted by Gasteiger charge is 2.11. The molecule has 0 aliphatic rings. The first-order valence-electron chi connectivity index (χ1n) is 7.31. The molecule has 5 nitrogen and oxygen atoms in total. The van der Waals surface area contributed by atoms with Crippen LogP contribution in [0.2, 0.25) is 0 Å². The number of esters is 1. The van der Waals surface area contributed by atoms with Crippen molar-refractivity contribution in [3.63, 3.8) is 0 Å². The van der Waals surface area contributed by atoms with E-state index in [4.69, 9.17) is 10.5 Å². The Morgan fingerprint density at radius 3 is 2.91 bits per heavy atom. The van der Waals surface area contributed by atoms with Crippen LogP contribution >= 0.6 is 11.3 Å². The molecule has 0 radical (unpaired) electrons. The Balaban J connectivity index is 1.89. The molecule has 0 spiro atoms. The third-order valence-corrected chi connectivity index (χ3v) is 4.21. The zero-order chi connectivity index (χ0) is 16.2. The summed E-state index contributed by atoms with van der Waals surface area (Å²) in [6, 6.07) is 13.4. The lowest BCUT2D eigenvalue weighted by Crippen LogP contribution is -2.08. The Morgan fingerprint density at radius 2 is 2.17 bits per heavy atom. The number of nitrogen functional groups attached to an aromatic ring is 1. The maximum absolute atomic E-state index is 11.6. The lowest BCUT2D eigenvalue weighted by atomic mass is 10.1. The predicted octanol–water partition coefficient (Wildman–Crippen LogP) is 3.29. The molecule has 0 bridgehead atoms. The standard InChI is InChI=1S/C17H17N3O2S/c1-2-22-17(21)10-12-5-3-6-13(9-12)20-16(18)11-14(19-20)15-7-4-8-23-15/h3-9,11H,2,10,18H2,1H3. The summed E-state index contributed by atoms with van der Waals surface area (Å²) in [6.07, 6.45) is 0.237. The zero-order valence-electron chi connectivity index (χ0n) is 12.7. The molecule has 0 aliphatic heterocycles. The predicted molar refractivity (Wildman–Crippen MR) is 91.6 cm³/mol. The van der Waals surface area contributed by atoms with Crippen LogP contribution in [0.4, 0.5) is 5.82 Å². The van der Waals surface area contributed by atoms with Gasteiger partial charge in [0, 0.05) is 6.07 Å². The van der Waals surface area contributed by atoms with Gasteiger partial charge in [-0.05, 0) is 36.1 Å². The van der Waals surface area contributed by atoms with Crippen LogP contribution in [0.25, 0.3) is 16.3 Å². The number of thiophene rings is 1. The summed E-state index contributed by atoms with van der Waals surface area (Å²) in [5.41, 5.74) is 8.63. The van der Waals surface area contributed by atoms with Crippen molar-refractivity contribution in [1.82, 2.24) is 9.78 Å². The maximum Gasteiger partial charge on any atom is 0.310 e. The highest BCUT2D eigenvalue weighted by Crippen LogP contribution is 2.26. The molecule has 3 aromatic rings. The Kier molecular flexibility index (Phi) is 4.43. The first-order chi connectivity index (χ1) is 11.2. The first-order valence-corrected chi connectivity index (χ1v) is 8.19. The number of benzene rings is 1. The molecule has 3 rings (SSSR count). The van der Waals surface area contributed by atoms with Gasteiger partial charge in [0.2, 0.25) is 0 Å². The highest BCUT2D eigenvalue weighted by atomic mass is 32.1. The Hall–Kier alpha value is -2.60. The number of anilines is 1. The minimum Gasteiger partial charge on any atom is -0.466 e. The minimum atomic E-state index is -0.239. The lowest BCUT2D eigenvalue weighted by molar-refractivity contribution is -0.142. The van der Waals surface area contributed by atoms with E-state index < -0.39 is 0 Å². The van der Waals surface area contributed by atoms with Crippen LogP contribution in [-0.2, 0) is 16.0 Å². The molecule has 0 atom stereocenters. The molecule has 2 heterocycles. The minimum absolute atomic E-state index is 0.237. The lowest BCUT2D eigenvalue weighted by Gasteiger charge is -2.07. The molecular formula is C17H17N3O2S. The maximum atomic E-state index is 11.6. The number of nitrogens with zero attached hydrogens (tertiary/aromatic N) is 2. The Labute approximate surface area is 138 Å². The summed E-state index contributed by atoms with van der Waals surface area (Å²) < 4.78 is 6.67. The number of nitrogens with two attached hydrogens (primary N) is 1. The second-order valence-corrected chi connectivity index (χ2v) is 5.94. The summed E-state index contributed by atoms with van der Waals surface area (Å²) in [5.74, 6) is 0.319. The first kappa shape index (κ1) is 15.3. The second-order valence-electron chi connectivity index (χ2n) is 5.00. The number of aromatic nitrogens is 2. The van der Waals surface area contributed by atoms with Crippen molar-refractivity contribution >= 4 is 23.1 Å². The van der Waals surface area contributed by atoms with Gasteiger partial charge < -0.3 is 10.5 Å². The Morgan fingerprint density at radius 1 is 1.30 bits per heavy atom. The molecule has 0 aliphatic carbocycles. The van der Waals surface area contributed by atoms with Crippen molar-refractivity contribution < 1.29 is 9.53 Å².